The molecule has 2 aromatic rings. The van der Waals surface area contributed by atoms with E-state index in [1.54, 1.807) is 7.11 Å². The molecule has 0 unspecified atom stereocenters. The van der Waals surface area contributed by atoms with Gasteiger partial charge in [0, 0.05) is 31.4 Å². The van der Waals surface area contributed by atoms with Crippen molar-refractivity contribution in [3.63, 3.8) is 0 Å². The summed E-state index contributed by atoms with van der Waals surface area (Å²) in [5.41, 5.74) is 1.24. The van der Waals surface area contributed by atoms with Crippen LogP contribution in [0.3, 0.4) is 0 Å². The average Bonchev–Trinajstić information content (AvgIpc) is 3.30. The lowest BCUT2D eigenvalue weighted by atomic mass is 9.85. The van der Waals surface area contributed by atoms with E-state index in [0.29, 0.717) is 6.42 Å². The molecule has 5 atom stereocenters. The molecular formula is C28H37NO4. The zero-order valence-corrected chi connectivity index (χ0v) is 19.0. The molecule has 1 saturated heterocycles. The van der Waals surface area contributed by atoms with Gasteiger partial charge >= 0.3 is 5.97 Å². The first-order chi connectivity index (χ1) is 15.5. The van der Waals surface area contributed by atoms with Crippen molar-refractivity contribution in [2.24, 2.45) is 11.3 Å². The SMILES string of the molecule is C.CO[C@@H]([C@@H]1CCCN1)[C@@H](C)C(=O)C[C@@]1(C(=O)OCc2ccccc2)C[C@@H]1c1ccccc1. The molecule has 2 aliphatic rings. The fourth-order valence-corrected chi connectivity index (χ4v) is 5.15. The fraction of sp³-hybridized carbons (Fsp3) is 0.500. The summed E-state index contributed by atoms with van der Waals surface area (Å²) in [4.78, 5) is 26.7. The Kier molecular flexibility index (Phi) is 8.44. The molecule has 0 aromatic heterocycles. The highest BCUT2D eigenvalue weighted by Crippen LogP contribution is 2.62. The Labute approximate surface area is 197 Å². The van der Waals surface area contributed by atoms with Crippen LogP contribution in [-0.2, 0) is 25.7 Å². The van der Waals surface area contributed by atoms with Crippen LogP contribution in [0.4, 0.5) is 0 Å². The van der Waals surface area contributed by atoms with Crippen LogP contribution in [0.15, 0.2) is 60.7 Å². The van der Waals surface area contributed by atoms with Gasteiger partial charge in [0.1, 0.15) is 12.4 Å². The van der Waals surface area contributed by atoms with Crippen molar-refractivity contribution in [2.75, 3.05) is 13.7 Å². The first-order valence-electron chi connectivity index (χ1n) is 11.6. The Hall–Kier alpha value is -2.50. The van der Waals surface area contributed by atoms with E-state index in [4.69, 9.17) is 9.47 Å². The first-order valence-corrected chi connectivity index (χ1v) is 11.6. The highest BCUT2D eigenvalue weighted by Gasteiger charge is 2.62. The maximum atomic E-state index is 13.4. The van der Waals surface area contributed by atoms with E-state index in [-0.39, 0.29) is 56.2 Å². The van der Waals surface area contributed by atoms with Gasteiger partial charge in [0.2, 0.25) is 0 Å². The van der Waals surface area contributed by atoms with Crippen LogP contribution in [0.25, 0.3) is 0 Å². The van der Waals surface area contributed by atoms with Crippen LogP contribution >= 0.6 is 0 Å². The monoisotopic (exact) mass is 451 g/mol. The van der Waals surface area contributed by atoms with Gasteiger partial charge in [-0.1, -0.05) is 75.0 Å². The number of rotatable bonds is 10. The van der Waals surface area contributed by atoms with Gasteiger partial charge in [0.05, 0.1) is 11.5 Å². The number of hydrogen-bond acceptors (Lipinski definition) is 5. The van der Waals surface area contributed by atoms with Crippen LogP contribution in [0, 0.1) is 11.3 Å². The van der Waals surface area contributed by atoms with Crippen LogP contribution in [-0.4, -0.2) is 37.6 Å². The Morgan fingerprint density at radius 2 is 1.76 bits per heavy atom. The van der Waals surface area contributed by atoms with E-state index in [1.807, 2.05) is 67.6 Å². The maximum Gasteiger partial charge on any atom is 0.313 e. The van der Waals surface area contributed by atoms with Crippen molar-refractivity contribution in [1.82, 2.24) is 5.32 Å². The minimum Gasteiger partial charge on any atom is -0.460 e. The summed E-state index contributed by atoms with van der Waals surface area (Å²) in [7, 11) is 1.67. The summed E-state index contributed by atoms with van der Waals surface area (Å²) in [5.74, 6) is -0.482. The molecule has 1 saturated carbocycles. The summed E-state index contributed by atoms with van der Waals surface area (Å²) >= 11 is 0. The van der Waals surface area contributed by atoms with Gasteiger partial charge in [-0.25, -0.2) is 0 Å². The topological polar surface area (TPSA) is 64.6 Å². The Morgan fingerprint density at radius 3 is 2.36 bits per heavy atom. The van der Waals surface area contributed by atoms with Crippen LogP contribution in [0.5, 0.6) is 0 Å². The molecule has 0 spiro atoms. The molecule has 5 nitrogen and oxygen atoms in total. The van der Waals surface area contributed by atoms with Gasteiger partial charge in [-0.2, -0.15) is 0 Å². The van der Waals surface area contributed by atoms with Gasteiger partial charge < -0.3 is 14.8 Å². The summed E-state index contributed by atoms with van der Waals surface area (Å²) in [5, 5.41) is 3.45. The number of nitrogens with one attached hydrogen (secondary N) is 1. The molecule has 1 heterocycles. The number of ketones is 1. The molecule has 4 rings (SSSR count). The zero-order valence-electron chi connectivity index (χ0n) is 19.0. The van der Waals surface area contributed by atoms with E-state index in [2.05, 4.69) is 5.32 Å². The fourth-order valence-electron chi connectivity index (χ4n) is 5.15. The van der Waals surface area contributed by atoms with Crippen molar-refractivity contribution < 1.29 is 19.1 Å². The third-order valence-electron chi connectivity index (χ3n) is 7.15. The number of carbonyl (C=O) groups is 2. The van der Waals surface area contributed by atoms with Crippen molar-refractivity contribution in [2.45, 2.75) is 64.7 Å². The minimum atomic E-state index is -0.789. The molecule has 0 amide bonds. The molecule has 33 heavy (non-hydrogen) atoms. The third kappa shape index (κ3) is 5.53. The van der Waals surface area contributed by atoms with Crippen molar-refractivity contribution in [1.29, 1.82) is 0 Å². The third-order valence-corrected chi connectivity index (χ3v) is 7.15. The van der Waals surface area contributed by atoms with E-state index >= 15 is 0 Å². The Morgan fingerprint density at radius 1 is 1.09 bits per heavy atom. The van der Waals surface area contributed by atoms with E-state index in [0.717, 1.165) is 30.5 Å². The molecule has 5 heteroatoms. The van der Waals surface area contributed by atoms with Crippen molar-refractivity contribution in [3.05, 3.63) is 71.8 Å². The van der Waals surface area contributed by atoms with Crippen LogP contribution in [0.1, 0.15) is 57.1 Å². The van der Waals surface area contributed by atoms with Crippen molar-refractivity contribution >= 4 is 11.8 Å². The van der Waals surface area contributed by atoms with Gasteiger partial charge in [-0.3, -0.25) is 9.59 Å². The molecule has 2 aromatic carbocycles. The average molecular weight is 452 g/mol. The molecule has 1 aliphatic heterocycles. The molecule has 1 N–H and O–H groups in total. The van der Waals surface area contributed by atoms with E-state index in [1.165, 1.54) is 0 Å². The maximum absolute atomic E-state index is 13.4. The van der Waals surface area contributed by atoms with E-state index in [9.17, 15) is 9.59 Å². The standard InChI is InChI=1S/C27H33NO4.CH4/c1-19(25(31-2)23-14-9-15-28-23)24(29)17-27(16-22(27)21-12-7-4-8-13-21)26(30)32-18-20-10-5-3-6-11-20;/h3-8,10-13,19,22-23,25,28H,9,14-18H2,1-2H3;1H4/t19-,22+,23-,25+,27-;/m0./s1. The van der Waals surface area contributed by atoms with Crippen molar-refractivity contribution in [3.8, 4) is 0 Å². The van der Waals surface area contributed by atoms with E-state index < -0.39 is 5.41 Å². The summed E-state index contributed by atoms with van der Waals surface area (Å²) in [6, 6.07) is 19.8. The smallest absolute Gasteiger partial charge is 0.313 e. The molecule has 0 radical (unpaired) electrons. The lowest BCUT2D eigenvalue weighted by molar-refractivity contribution is -0.154. The summed E-state index contributed by atoms with van der Waals surface area (Å²) in [6.45, 7) is 3.11. The molecule has 178 valence electrons. The highest BCUT2D eigenvalue weighted by atomic mass is 16.5. The Balaban J connectivity index is 0.00000306. The predicted molar refractivity (Wildman–Crippen MR) is 130 cm³/mol. The van der Waals surface area contributed by atoms with Gasteiger partial charge in [-0.05, 0) is 36.9 Å². The Bertz CT molecular complexity index is 910. The number of benzene rings is 2. The second kappa shape index (κ2) is 11.1. The predicted octanol–water partition coefficient (Wildman–Crippen LogP) is 4.90. The largest absolute Gasteiger partial charge is 0.460 e. The lowest BCUT2D eigenvalue weighted by Crippen LogP contribution is -2.43. The first kappa shape index (κ1) is 25.1. The quantitative estimate of drug-likeness (QED) is 0.521. The van der Waals surface area contributed by atoms with Gasteiger partial charge in [0.25, 0.3) is 0 Å². The second-order valence-electron chi connectivity index (χ2n) is 9.22. The highest BCUT2D eigenvalue weighted by molar-refractivity contribution is 5.91. The number of ether oxygens (including phenoxy) is 2. The summed E-state index contributed by atoms with van der Waals surface area (Å²) < 4.78 is 11.5. The number of methoxy groups -OCH3 is 1. The molecule has 2 fully saturated rings. The molecule has 0 bridgehead atoms. The van der Waals surface area contributed by atoms with Gasteiger partial charge in [-0.15, -0.1) is 0 Å². The van der Waals surface area contributed by atoms with Gasteiger partial charge in [0.15, 0.2) is 0 Å². The van der Waals surface area contributed by atoms with Crippen LogP contribution in [0.2, 0.25) is 0 Å². The molecule has 1 aliphatic carbocycles. The normalized spacial score (nSPS) is 25.5. The lowest BCUT2D eigenvalue weighted by Gasteiger charge is -2.28. The number of carbonyl (C=O) groups excluding carboxylic acids is 2. The van der Waals surface area contributed by atoms with Crippen LogP contribution < -0.4 is 5.32 Å². The second-order valence-corrected chi connectivity index (χ2v) is 9.22. The number of Topliss-reactive ketones (excluding diaryl/α,β-unsaturated/α-hetero) is 1. The summed E-state index contributed by atoms with van der Waals surface area (Å²) in [6.07, 6.45) is 2.75. The zero-order chi connectivity index (χ0) is 22.6. The minimum absolute atomic E-state index is 0. The molecular weight excluding hydrogens is 414 g/mol. The number of esters is 1. The number of hydrogen-bond donors (Lipinski definition) is 1.